The summed E-state index contributed by atoms with van der Waals surface area (Å²) in [6.45, 7) is 4.63. The smallest absolute Gasteiger partial charge is 0.255 e. The number of hydrogen-bond acceptors (Lipinski definition) is 4. The summed E-state index contributed by atoms with van der Waals surface area (Å²) in [5, 5.41) is 16.4. The van der Waals surface area contributed by atoms with Crippen LogP contribution in [0.3, 0.4) is 0 Å². The molecule has 0 fully saturated rings. The first-order valence-electron chi connectivity index (χ1n) is 9.79. The molecular weight excluding hydrogens is 352 g/mol. The summed E-state index contributed by atoms with van der Waals surface area (Å²) in [7, 11) is 1.87. The maximum Gasteiger partial charge on any atom is 0.255 e. The van der Waals surface area contributed by atoms with Gasteiger partial charge in [-0.15, -0.1) is 10.2 Å². The van der Waals surface area contributed by atoms with Crippen LogP contribution >= 0.6 is 0 Å². The van der Waals surface area contributed by atoms with E-state index in [4.69, 9.17) is 0 Å². The van der Waals surface area contributed by atoms with E-state index in [1.54, 1.807) is 4.68 Å². The van der Waals surface area contributed by atoms with Gasteiger partial charge in [-0.25, -0.2) is 0 Å². The molecule has 146 valence electrons. The van der Waals surface area contributed by atoms with Crippen molar-refractivity contribution in [2.24, 2.45) is 7.05 Å². The van der Waals surface area contributed by atoms with Crippen LogP contribution in [0.2, 0.25) is 0 Å². The molecule has 4 rings (SSSR count). The van der Waals surface area contributed by atoms with E-state index in [1.807, 2.05) is 39.1 Å². The lowest BCUT2D eigenvalue weighted by atomic mass is 10.1. The quantitative estimate of drug-likeness (QED) is 0.756. The number of aryl methyl sites for hydroxylation is 3. The highest BCUT2D eigenvalue weighted by atomic mass is 16.1. The summed E-state index contributed by atoms with van der Waals surface area (Å²) in [5.41, 5.74) is 3.59. The van der Waals surface area contributed by atoms with E-state index >= 15 is 0 Å². The van der Waals surface area contributed by atoms with Crippen molar-refractivity contribution in [1.29, 1.82) is 0 Å². The molecule has 7 nitrogen and oxygen atoms in total. The maximum atomic E-state index is 12.8. The van der Waals surface area contributed by atoms with Gasteiger partial charge in [-0.1, -0.05) is 30.3 Å². The molecule has 1 aliphatic rings. The van der Waals surface area contributed by atoms with E-state index in [2.05, 4.69) is 37.3 Å². The largest absolute Gasteiger partial charge is 0.349 e. The van der Waals surface area contributed by atoms with Gasteiger partial charge >= 0.3 is 0 Å². The molecule has 0 radical (unpaired) electrons. The van der Waals surface area contributed by atoms with Crippen molar-refractivity contribution in [1.82, 2.24) is 29.9 Å². The fraction of sp³-hybridized carbons (Fsp3) is 0.429. The van der Waals surface area contributed by atoms with Crippen LogP contribution in [0.1, 0.15) is 51.8 Å². The van der Waals surface area contributed by atoms with Crippen LogP contribution in [0, 0.1) is 13.8 Å². The van der Waals surface area contributed by atoms with Gasteiger partial charge in [0, 0.05) is 38.2 Å². The third-order valence-electron chi connectivity index (χ3n) is 5.60. The fourth-order valence-corrected chi connectivity index (χ4v) is 3.96. The van der Waals surface area contributed by atoms with Crippen molar-refractivity contribution in [3.8, 4) is 0 Å². The second-order valence-electron chi connectivity index (χ2n) is 7.51. The Morgan fingerprint density at radius 2 is 1.96 bits per heavy atom. The molecule has 1 amide bonds. The van der Waals surface area contributed by atoms with Gasteiger partial charge in [-0.2, -0.15) is 5.10 Å². The van der Waals surface area contributed by atoms with E-state index in [9.17, 15) is 4.79 Å². The van der Waals surface area contributed by atoms with Crippen LogP contribution in [0.25, 0.3) is 0 Å². The van der Waals surface area contributed by atoms with Crippen molar-refractivity contribution in [3.05, 3.63) is 64.5 Å². The van der Waals surface area contributed by atoms with Gasteiger partial charge in [0.2, 0.25) is 0 Å². The molecule has 2 aromatic heterocycles. The number of aromatic nitrogens is 5. The third kappa shape index (κ3) is 3.56. The highest BCUT2D eigenvalue weighted by molar-refractivity contribution is 5.96. The number of nitrogens with one attached hydrogen (secondary N) is 1. The van der Waals surface area contributed by atoms with E-state index in [-0.39, 0.29) is 11.9 Å². The van der Waals surface area contributed by atoms with Gasteiger partial charge < -0.3 is 9.88 Å². The zero-order chi connectivity index (χ0) is 19.7. The molecule has 0 spiro atoms. The summed E-state index contributed by atoms with van der Waals surface area (Å²) < 4.78 is 3.98. The van der Waals surface area contributed by atoms with Gasteiger partial charge in [0.05, 0.1) is 11.3 Å². The lowest BCUT2D eigenvalue weighted by molar-refractivity contribution is 0.0931. The molecule has 3 heterocycles. The number of nitrogens with zero attached hydrogens (tertiary/aromatic N) is 5. The maximum absolute atomic E-state index is 12.8. The van der Waals surface area contributed by atoms with Crippen molar-refractivity contribution in [3.63, 3.8) is 0 Å². The van der Waals surface area contributed by atoms with Gasteiger partial charge in [0.1, 0.15) is 11.6 Å². The molecular formula is C21H26N6O. The minimum atomic E-state index is -0.0322. The summed E-state index contributed by atoms with van der Waals surface area (Å²) in [6.07, 6.45) is 3.33. The first kappa shape index (κ1) is 18.4. The minimum Gasteiger partial charge on any atom is -0.349 e. The van der Waals surface area contributed by atoms with Crippen LogP contribution in [0.5, 0.6) is 0 Å². The van der Waals surface area contributed by atoms with Gasteiger partial charge in [0.15, 0.2) is 0 Å². The first-order chi connectivity index (χ1) is 13.5. The molecule has 0 saturated heterocycles. The standard InChI is InChI=1S/C21H26N6O/c1-14-20(15(2)26(3)25-14)21(28)22-17-9-10-18-23-24-19(27(18)12-11-17)13-16-7-5-4-6-8-16/h4-8,17H,9-13H2,1-3H3,(H,22,28). The minimum absolute atomic E-state index is 0.0322. The SMILES string of the molecule is Cc1nn(C)c(C)c1C(=O)NC1CCc2nnc(Cc3ccccc3)n2CC1. The van der Waals surface area contributed by atoms with Crippen molar-refractivity contribution < 1.29 is 4.79 Å². The van der Waals surface area contributed by atoms with Gasteiger partial charge in [-0.3, -0.25) is 9.48 Å². The molecule has 0 saturated carbocycles. The molecule has 7 heteroatoms. The number of hydrogen-bond donors (Lipinski definition) is 1. The number of amides is 1. The monoisotopic (exact) mass is 378 g/mol. The van der Waals surface area contributed by atoms with Crippen LogP contribution in [0.4, 0.5) is 0 Å². The molecule has 1 aliphatic heterocycles. The van der Waals surface area contributed by atoms with E-state index in [0.717, 1.165) is 55.3 Å². The number of rotatable bonds is 4. The van der Waals surface area contributed by atoms with E-state index in [0.29, 0.717) is 5.56 Å². The Hall–Kier alpha value is -2.96. The topological polar surface area (TPSA) is 77.6 Å². The van der Waals surface area contributed by atoms with E-state index < -0.39 is 0 Å². The van der Waals surface area contributed by atoms with Crippen LogP contribution in [-0.2, 0) is 26.4 Å². The number of carbonyl (C=O) groups is 1. The number of benzene rings is 1. The average Bonchev–Trinajstić information content (AvgIpc) is 3.09. The summed E-state index contributed by atoms with van der Waals surface area (Å²) >= 11 is 0. The van der Waals surface area contributed by atoms with Crippen LogP contribution in [0.15, 0.2) is 30.3 Å². The molecule has 1 atom stereocenters. The van der Waals surface area contributed by atoms with Gasteiger partial charge in [0.25, 0.3) is 5.91 Å². The zero-order valence-electron chi connectivity index (χ0n) is 16.6. The Morgan fingerprint density at radius 1 is 1.18 bits per heavy atom. The predicted octanol–water partition coefficient (Wildman–Crippen LogP) is 2.35. The summed E-state index contributed by atoms with van der Waals surface area (Å²) in [4.78, 5) is 12.8. The Kier molecular flexibility index (Phi) is 4.98. The highest BCUT2D eigenvalue weighted by Crippen LogP contribution is 2.19. The highest BCUT2D eigenvalue weighted by Gasteiger charge is 2.24. The first-order valence-corrected chi connectivity index (χ1v) is 9.79. The molecule has 0 aliphatic carbocycles. The van der Waals surface area contributed by atoms with Crippen LogP contribution in [-0.4, -0.2) is 36.5 Å². The van der Waals surface area contributed by atoms with E-state index in [1.165, 1.54) is 5.56 Å². The summed E-state index contributed by atoms with van der Waals surface area (Å²) in [5.74, 6) is 1.97. The lowest BCUT2D eigenvalue weighted by Gasteiger charge is -2.16. The normalized spacial score (nSPS) is 16.5. The molecule has 28 heavy (non-hydrogen) atoms. The third-order valence-corrected chi connectivity index (χ3v) is 5.60. The Morgan fingerprint density at radius 3 is 2.68 bits per heavy atom. The fourth-order valence-electron chi connectivity index (χ4n) is 3.96. The average molecular weight is 378 g/mol. The Bertz CT molecular complexity index is 988. The second-order valence-corrected chi connectivity index (χ2v) is 7.51. The molecule has 1 unspecified atom stereocenters. The van der Waals surface area contributed by atoms with Crippen molar-refractivity contribution in [2.75, 3.05) is 0 Å². The van der Waals surface area contributed by atoms with Crippen LogP contribution < -0.4 is 5.32 Å². The Labute approximate surface area is 164 Å². The zero-order valence-corrected chi connectivity index (χ0v) is 16.6. The molecule has 1 N–H and O–H groups in total. The predicted molar refractivity (Wildman–Crippen MR) is 106 cm³/mol. The molecule has 0 bridgehead atoms. The second kappa shape index (κ2) is 7.58. The summed E-state index contributed by atoms with van der Waals surface area (Å²) in [6, 6.07) is 10.5. The number of fused-ring (bicyclic) bond motifs is 1. The molecule has 1 aromatic carbocycles. The Balaban J connectivity index is 1.44. The van der Waals surface area contributed by atoms with Gasteiger partial charge in [-0.05, 0) is 32.3 Å². The van der Waals surface area contributed by atoms with Crippen molar-refractivity contribution >= 4 is 5.91 Å². The number of carbonyl (C=O) groups excluding carboxylic acids is 1. The molecule has 3 aromatic rings. The van der Waals surface area contributed by atoms with Crippen molar-refractivity contribution in [2.45, 2.75) is 52.1 Å². The lowest BCUT2D eigenvalue weighted by Crippen LogP contribution is -2.35.